The molecule has 2 aliphatic rings. The normalized spacial score (nSPS) is 23.4. The van der Waals surface area contributed by atoms with E-state index in [9.17, 15) is 13.2 Å². The van der Waals surface area contributed by atoms with Crippen molar-refractivity contribution in [2.45, 2.75) is 18.7 Å². The van der Waals surface area contributed by atoms with Gasteiger partial charge in [-0.3, -0.25) is 4.90 Å². The van der Waals surface area contributed by atoms with Crippen LogP contribution in [0.2, 0.25) is 0 Å². The van der Waals surface area contributed by atoms with Gasteiger partial charge in [0.1, 0.15) is 11.9 Å². The number of benzene rings is 1. The van der Waals surface area contributed by atoms with Gasteiger partial charge in [-0.05, 0) is 17.7 Å². The van der Waals surface area contributed by atoms with Gasteiger partial charge in [0.2, 0.25) is 0 Å². The second-order valence-electron chi connectivity index (χ2n) is 5.31. The first-order valence-electron chi connectivity index (χ1n) is 6.82. The average Bonchev–Trinajstić information content (AvgIpc) is 2.80. The molecule has 0 spiro atoms. The van der Waals surface area contributed by atoms with Gasteiger partial charge in [-0.1, -0.05) is 6.07 Å². The van der Waals surface area contributed by atoms with Crippen molar-refractivity contribution >= 4 is 0 Å². The SMILES string of the molecule is FC(F)(F)c1ccc2c(c1)OC(CN1CCNCC1)C2. The summed E-state index contributed by atoms with van der Waals surface area (Å²) in [5, 5.41) is 3.27. The van der Waals surface area contributed by atoms with Gasteiger partial charge in [-0.25, -0.2) is 0 Å². The van der Waals surface area contributed by atoms with Gasteiger partial charge in [0, 0.05) is 39.1 Å². The summed E-state index contributed by atoms with van der Waals surface area (Å²) in [6.45, 7) is 4.61. The summed E-state index contributed by atoms with van der Waals surface area (Å²) in [7, 11) is 0. The molecule has 20 heavy (non-hydrogen) atoms. The first kappa shape index (κ1) is 13.7. The van der Waals surface area contributed by atoms with Gasteiger partial charge < -0.3 is 10.1 Å². The van der Waals surface area contributed by atoms with Crippen LogP contribution in [-0.2, 0) is 12.6 Å². The van der Waals surface area contributed by atoms with Crippen LogP contribution in [0.3, 0.4) is 0 Å². The fourth-order valence-electron chi connectivity index (χ4n) is 2.76. The lowest BCUT2D eigenvalue weighted by atomic mass is 10.1. The summed E-state index contributed by atoms with van der Waals surface area (Å²) in [5.74, 6) is 0.389. The monoisotopic (exact) mass is 286 g/mol. The molecule has 1 fully saturated rings. The molecular weight excluding hydrogens is 269 g/mol. The largest absolute Gasteiger partial charge is 0.488 e. The van der Waals surface area contributed by atoms with E-state index in [2.05, 4.69) is 10.2 Å². The highest BCUT2D eigenvalue weighted by Crippen LogP contribution is 2.36. The van der Waals surface area contributed by atoms with Gasteiger partial charge in [0.25, 0.3) is 0 Å². The third-order valence-electron chi connectivity index (χ3n) is 3.81. The zero-order valence-corrected chi connectivity index (χ0v) is 11.0. The first-order chi connectivity index (χ1) is 9.52. The number of fused-ring (bicyclic) bond motifs is 1. The van der Waals surface area contributed by atoms with Crippen molar-refractivity contribution in [3.8, 4) is 5.75 Å². The molecule has 1 aromatic rings. The summed E-state index contributed by atoms with van der Waals surface area (Å²) in [6, 6.07) is 3.79. The van der Waals surface area contributed by atoms with E-state index >= 15 is 0 Å². The molecule has 3 rings (SSSR count). The lowest BCUT2D eigenvalue weighted by molar-refractivity contribution is -0.137. The molecule has 0 aromatic heterocycles. The van der Waals surface area contributed by atoms with Crippen LogP contribution in [-0.4, -0.2) is 43.7 Å². The molecule has 1 N–H and O–H groups in total. The Balaban J connectivity index is 1.66. The Bertz CT molecular complexity index is 484. The van der Waals surface area contributed by atoms with E-state index in [1.54, 1.807) is 0 Å². The molecule has 6 heteroatoms. The number of alkyl halides is 3. The number of halogens is 3. The molecular formula is C14H17F3N2O. The Morgan fingerprint density at radius 1 is 1.25 bits per heavy atom. The molecule has 2 heterocycles. The molecule has 1 saturated heterocycles. The molecule has 110 valence electrons. The molecule has 0 radical (unpaired) electrons. The molecule has 1 unspecified atom stereocenters. The predicted molar refractivity (Wildman–Crippen MR) is 68.9 cm³/mol. The quantitative estimate of drug-likeness (QED) is 0.899. The predicted octanol–water partition coefficient (Wildman–Crippen LogP) is 1.91. The minimum atomic E-state index is -4.31. The Morgan fingerprint density at radius 2 is 2.00 bits per heavy atom. The highest BCUT2D eigenvalue weighted by Gasteiger charge is 2.33. The highest BCUT2D eigenvalue weighted by molar-refractivity contribution is 5.41. The third-order valence-corrected chi connectivity index (χ3v) is 3.81. The summed E-state index contributed by atoms with van der Waals surface area (Å²) < 4.78 is 43.6. The van der Waals surface area contributed by atoms with E-state index in [0.717, 1.165) is 50.4 Å². The van der Waals surface area contributed by atoms with E-state index in [1.165, 1.54) is 6.07 Å². The lowest BCUT2D eigenvalue weighted by Gasteiger charge is -2.29. The topological polar surface area (TPSA) is 24.5 Å². The van der Waals surface area contributed by atoms with Gasteiger partial charge in [-0.2, -0.15) is 13.2 Å². The minimum Gasteiger partial charge on any atom is -0.488 e. The van der Waals surface area contributed by atoms with E-state index in [1.807, 2.05) is 0 Å². The summed E-state index contributed by atoms with van der Waals surface area (Å²) in [4.78, 5) is 2.29. The molecule has 0 bridgehead atoms. The van der Waals surface area contributed by atoms with Crippen molar-refractivity contribution in [2.75, 3.05) is 32.7 Å². The Morgan fingerprint density at radius 3 is 2.70 bits per heavy atom. The molecule has 1 aromatic carbocycles. The molecule has 0 aliphatic carbocycles. The number of hydrogen-bond acceptors (Lipinski definition) is 3. The van der Waals surface area contributed by atoms with Crippen LogP contribution >= 0.6 is 0 Å². The van der Waals surface area contributed by atoms with E-state index in [-0.39, 0.29) is 6.10 Å². The third kappa shape index (κ3) is 2.91. The zero-order chi connectivity index (χ0) is 14.2. The van der Waals surface area contributed by atoms with Crippen LogP contribution in [0.15, 0.2) is 18.2 Å². The van der Waals surface area contributed by atoms with Crippen LogP contribution < -0.4 is 10.1 Å². The molecule has 0 amide bonds. The number of piperazine rings is 1. The molecule has 0 saturated carbocycles. The Kier molecular flexibility index (Phi) is 3.60. The number of nitrogens with zero attached hydrogens (tertiary/aromatic N) is 1. The fraction of sp³-hybridized carbons (Fsp3) is 0.571. The van der Waals surface area contributed by atoms with Crippen molar-refractivity contribution in [2.24, 2.45) is 0 Å². The summed E-state index contributed by atoms with van der Waals surface area (Å²) >= 11 is 0. The second kappa shape index (κ2) is 5.26. The number of rotatable bonds is 2. The standard InChI is InChI=1S/C14H17F3N2O/c15-14(16,17)11-2-1-10-7-12(20-13(10)8-11)9-19-5-3-18-4-6-19/h1-2,8,12,18H,3-7,9H2. The maximum atomic E-state index is 12.7. The second-order valence-corrected chi connectivity index (χ2v) is 5.31. The Labute approximate surface area is 115 Å². The van der Waals surface area contributed by atoms with Gasteiger partial charge in [0.05, 0.1) is 5.56 Å². The zero-order valence-electron chi connectivity index (χ0n) is 11.0. The van der Waals surface area contributed by atoms with Gasteiger partial charge in [-0.15, -0.1) is 0 Å². The van der Waals surface area contributed by atoms with E-state index < -0.39 is 11.7 Å². The average molecular weight is 286 g/mol. The maximum Gasteiger partial charge on any atom is 0.416 e. The molecule has 1 atom stereocenters. The van der Waals surface area contributed by atoms with Crippen LogP contribution in [0.4, 0.5) is 13.2 Å². The minimum absolute atomic E-state index is 0.0356. The lowest BCUT2D eigenvalue weighted by Crippen LogP contribution is -2.47. The first-order valence-corrected chi connectivity index (χ1v) is 6.82. The van der Waals surface area contributed by atoms with E-state index in [4.69, 9.17) is 4.74 Å². The van der Waals surface area contributed by atoms with Crippen LogP contribution in [0.25, 0.3) is 0 Å². The summed E-state index contributed by atoms with van der Waals surface area (Å²) in [6.07, 6.45) is -3.65. The van der Waals surface area contributed by atoms with Crippen molar-refractivity contribution in [3.05, 3.63) is 29.3 Å². The van der Waals surface area contributed by atoms with Crippen LogP contribution in [0.1, 0.15) is 11.1 Å². The Hall–Kier alpha value is -1.27. The molecule has 2 aliphatic heterocycles. The van der Waals surface area contributed by atoms with Gasteiger partial charge in [0.15, 0.2) is 0 Å². The van der Waals surface area contributed by atoms with E-state index in [0.29, 0.717) is 12.2 Å². The van der Waals surface area contributed by atoms with Crippen LogP contribution in [0.5, 0.6) is 5.75 Å². The van der Waals surface area contributed by atoms with Crippen molar-refractivity contribution in [3.63, 3.8) is 0 Å². The maximum absolute atomic E-state index is 12.7. The van der Waals surface area contributed by atoms with Crippen LogP contribution in [0, 0.1) is 0 Å². The fourth-order valence-corrected chi connectivity index (χ4v) is 2.76. The number of ether oxygens (including phenoxy) is 1. The van der Waals surface area contributed by atoms with Crippen molar-refractivity contribution < 1.29 is 17.9 Å². The van der Waals surface area contributed by atoms with Crippen molar-refractivity contribution in [1.29, 1.82) is 0 Å². The van der Waals surface area contributed by atoms with Crippen molar-refractivity contribution in [1.82, 2.24) is 10.2 Å². The number of hydrogen-bond donors (Lipinski definition) is 1. The highest BCUT2D eigenvalue weighted by atomic mass is 19.4. The smallest absolute Gasteiger partial charge is 0.416 e. The molecule has 3 nitrogen and oxygen atoms in total. The number of nitrogens with one attached hydrogen (secondary N) is 1. The van der Waals surface area contributed by atoms with Gasteiger partial charge >= 0.3 is 6.18 Å². The summed E-state index contributed by atoms with van der Waals surface area (Å²) in [5.41, 5.74) is 0.234.